The summed E-state index contributed by atoms with van der Waals surface area (Å²) in [6.07, 6.45) is 7.67. The van der Waals surface area contributed by atoms with Crippen LogP contribution in [0.3, 0.4) is 0 Å². The number of hydrogen-bond donors (Lipinski definition) is 0. The van der Waals surface area contributed by atoms with Crippen molar-refractivity contribution in [1.82, 2.24) is 14.9 Å². The number of non-ortho nitro benzene ring substituents is 1. The van der Waals surface area contributed by atoms with E-state index in [1.54, 1.807) is 54.0 Å². The maximum Gasteiger partial charge on any atom is 0.270 e. The number of aliphatic imine (C=N–C) groups is 1. The lowest BCUT2D eigenvalue weighted by atomic mass is 10.1. The van der Waals surface area contributed by atoms with E-state index in [-0.39, 0.29) is 5.69 Å². The molecule has 2 aromatic rings. The van der Waals surface area contributed by atoms with E-state index in [1.165, 1.54) is 17.2 Å². The summed E-state index contributed by atoms with van der Waals surface area (Å²) in [6.45, 7) is 0. The van der Waals surface area contributed by atoms with Gasteiger partial charge in [0, 0.05) is 42.5 Å². The summed E-state index contributed by atoms with van der Waals surface area (Å²) < 4.78 is 0. The number of fused-ring (bicyclic) bond motifs is 1. The molecule has 0 saturated carbocycles. The van der Waals surface area contributed by atoms with Crippen molar-refractivity contribution in [2.75, 3.05) is 5.06 Å². The Morgan fingerprint density at radius 3 is 2.84 bits per heavy atom. The molecule has 25 heavy (non-hydrogen) atoms. The molecule has 10 nitrogen and oxygen atoms in total. The van der Waals surface area contributed by atoms with Crippen molar-refractivity contribution in [2.24, 2.45) is 10.1 Å². The van der Waals surface area contributed by atoms with Crippen molar-refractivity contribution >= 4 is 23.7 Å². The van der Waals surface area contributed by atoms with Crippen molar-refractivity contribution < 1.29 is 9.86 Å². The van der Waals surface area contributed by atoms with Crippen LogP contribution < -0.4 is 5.06 Å². The number of benzene rings is 1. The molecular formula is C15H11N7O3. The number of hydrogen-bond acceptors (Lipinski definition) is 9. The van der Waals surface area contributed by atoms with Crippen LogP contribution in [0.4, 0.5) is 11.6 Å². The molecule has 0 spiro atoms. The number of oxime groups is 1. The number of nitrogens with zero attached hydrogens (tertiary/aromatic N) is 7. The van der Waals surface area contributed by atoms with Gasteiger partial charge < -0.3 is 0 Å². The third kappa shape index (κ3) is 2.65. The molecule has 2 aliphatic heterocycles. The summed E-state index contributed by atoms with van der Waals surface area (Å²) in [4.78, 5) is 30.3. The van der Waals surface area contributed by atoms with Crippen molar-refractivity contribution in [2.45, 2.75) is 6.29 Å². The summed E-state index contributed by atoms with van der Waals surface area (Å²) in [5, 5.41) is 16.4. The number of nitro groups is 1. The van der Waals surface area contributed by atoms with E-state index in [0.717, 1.165) is 0 Å². The fourth-order valence-corrected chi connectivity index (χ4v) is 2.44. The van der Waals surface area contributed by atoms with E-state index >= 15 is 0 Å². The van der Waals surface area contributed by atoms with Gasteiger partial charge in [0.15, 0.2) is 5.84 Å². The van der Waals surface area contributed by atoms with E-state index in [0.29, 0.717) is 17.3 Å². The first-order chi connectivity index (χ1) is 12.2. The van der Waals surface area contributed by atoms with Crippen LogP contribution in [-0.2, 0) is 4.94 Å². The average Bonchev–Trinajstić information content (AvgIpc) is 2.68. The molecule has 0 bridgehead atoms. The van der Waals surface area contributed by atoms with Gasteiger partial charge in [-0.25, -0.2) is 15.0 Å². The van der Waals surface area contributed by atoms with Crippen molar-refractivity contribution in [1.29, 1.82) is 0 Å². The smallest absolute Gasteiger partial charge is 0.270 e. The Balaban J connectivity index is 1.74. The highest BCUT2D eigenvalue weighted by atomic mass is 16.8. The number of anilines is 1. The SMILES string of the molecule is O=[N+]([O-])c1cccc(C2=NON(c3ncccn3)C3N=CC=CN23)c1. The summed E-state index contributed by atoms with van der Waals surface area (Å²) in [7, 11) is 0. The second-order valence-electron chi connectivity index (χ2n) is 5.07. The minimum absolute atomic E-state index is 0.0323. The normalized spacial score (nSPS) is 18.4. The van der Waals surface area contributed by atoms with Crippen molar-refractivity contribution in [3.8, 4) is 0 Å². The van der Waals surface area contributed by atoms with Crippen LogP contribution in [0.15, 0.2) is 65.1 Å². The van der Waals surface area contributed by atoms with Crippen LogP contribution in [0.5, 0.6) is 0 Å². The number of amidine groups is 1. The van der Waals surface area contributed by atoms with Gasteiger partial charge in [0.1, 0.15) is 0 Å². The van der Waals surface area contributed by atoms with Crippen LogP contribution in [0.2, 0.25) is 0 Å². The highest BCUT2D eigenvalue weighted by Gasteiger charge is 2.36. The van der Waals surface area contributed by atoms with Crippen LogP contribution >= 0.6 is 0 Å². The third-order valence-corrected chi connectivity index (χ3v) is 3.53. The first-order valence-corrected chi connectivity index (χ1v) is 7.28. The molecule has 4 rings (SSSR count). The lowest BCUT2D eigenvalue weighted by Crippen LogP contribution is -2.52. The van der Waals surface area contributed by atoms with Gasteiger partial charge in [-0.1, -0.05) is 12.1 Å². The van der Waals surface area contributed by atoms with Gasteiger partial charge in [0.25, 0.3) is 11.6 Å². The molecule has 0 fully saturated rings. The third-order valence-electron chi connectivity index (χ3n) is 3.53. The maximum absolute atomic E-state index is 11.0. The molecule has 0 radical (unpaired) electrons. The second-order valence-corrected chi connectivity index (χ2v) is 5.07. The molecule has 124 valence electrons. The van der Waals surface area contributed by atoms with Crippen LogP contribution in [0, 0.1) is 10.1 Å². The van der Waals surface area contributed by atoms with Crippen LogP contribution in [-0.4, -0.2) is 38.1 Å². The standard InChI is InChI=1S/C15H11N7O3/c23-22(24)12-5-1-4-11(10-12)13-19-25-21(14-16-6-2-7-17-14)15-18-8-3-9-20(13)15/h1-10,15H. The number of hydroxylamine groups is 1. The summed E-state index contributed by atoms with van der Waals surface area (Å²) in [6, 6.07) is 7.84. The first-order valence-electron chi connectivity index (χ1n) is 7.28. The predicted molar refractivity (Wildman–Crippen MR) is 88.5 cm³/mol. The summed E-state index contributed by atoms with van der Waals surface area (Å²) in [5.74, 6) is 0.695. The highest BCUT2D eigenvalue weighted by molar-refractivity contribution is 6.00. The molecule has 1 aromatic heterocycles. The monoisotopic (exact) mass is 337 g/mol. The van der Waals surface area contributed by atoms with Gasteiger partial charge >= 0.3 is 0 Å². The zero-order chi connectivity index (χ0) is 17.2. The Labute approximate surface area is 141 Å². The Morgan fingerprint density at radius 2 is 2.04 bits per heavy atom. The average molecular weight is 337 g/mol. The van der Waals surface area contributed by atoms with Crippen molar-refractivity contribution in [3.63, 3.8) is 0 Å². The molecule has 1 unspecified atom stereocenters. The number of aromatic nitrogens is 2. The van der Waals surface area contributed by atoms with Gasteiger partial charge in [-0.15, -0.1) is 5.06 Å². The lowest BCUT2D eigenvalue weighted by Gasteiger charge is -2.38. The zero-order valence-electron chi connectivity index (χ0n) is 12.7. The number of rotatable bonds is 3. The highest BCUT2D eigenvalue weighted by Crippen LogP contribution is 2.26. The molecule has 1 aromatic carbocycles. The molecule has 3 heterocycles. The largest absolute Gasteiger partial charge is 0.287 e. The van der Waals surface area contributed by atoms with Crippen LogP contribution in [0.25, 0.3) is 0 Å². The molecule has 0 N–H and O–H groups in total. The quantitative estimate of drug-likeness (QED) is 0.619. The van der Waals surface area contributed by atoms with E-state index in [4.69, 9.17) is 4.94 Å². The topological polar surface area (TPSA) is 109 Å². The minimum Gasteiger partial charge on any atom is -0.287 e. The molecule has 0 amide bonds. The lowest BCUT2D eigenvalue weighted by molar-refractivity contribution is -0.384. The fourth-order valence-electron chi connectivity index (χ4n) is 2.44. The van der Waals surface area contributed by atoms with E-state index in [9.17, 15) is 10.1 Å². The molecule has 0 saturated heterocycles. The van der Waals surface area contributed by atoms with E-state index in [2.05, 4.69) is 20.1 Å². The van der Waals surface area contributed by atoms with Gasteiger partial charge in [-0.3, -0.25) is 20.0 Å². The summed E-state index contributed by atoms with van der Waals surface area (Å²) >= 11 is 0. The van der Waals surface area contributed by atoms with Crippen LogP contribution in [0.1, 0.15) is 5.56 Å². The number of nitro benzene ring substituents is 1. The van der Waals surface area contributed by atoms with Gasteiger partial charge in [0.05, 0.1) is 4.92 Å². The zero-order valence-corrected chi connectivity index (χ0v) is 12.7. The van der Waals surface area contributed by atoms with Gasteiger partial charge in [-0.05, 0) is 17.3 Å². The summed E-state index contributed by atoms with van der Waals surface area (Å²) in [5.41, 5.74) is 0.504. The molecule has 0 aliphatic carbocycles. The Bertz CT molecular complexity index is 897. The Hall–Kier alpha value is -3.82. The number of allylic oxidation sites excluding steroid dienone is 1. The Kier molecular flexibility index (Phi) is 3.54. The molecule has 1 atom stereocenters. The second kappa shape index (κ2) is 6.00. The fraction of sp³-hybridized carbons (Fsp3) is 0.0667. The predicted octanol–water partition coefficient (Wildman–Crippen LogP) is 1.68. The van der Waals surface area contributed by atoms with E-state index < -0.39 is 11.2 Å². The first kappa shape index (κ1) is 14.8. The maximum atomic E-state index is 11.0. The van der Waals surface area contributed by atoms with Gasteiger partial charge in [0.2, 0.25) is 6.29 Å². The molecule has 2 aliphatic rings. The minimum atomic E-state index is -0.612. The van der Waals surface area contributed by atoms with Crippen molar-refractivity contribution in [3.05, 3.63) is 70.7 Å². The molecular weight excluding hydrogens is 326 g/mol. The molecule has 10 heteroatoms. The Morgan fingerprint density at radius 1 is 1.20 bits per heavy atom. The van der Waals surface area contributed by atoms with E-state index in [1.807, 2.05) is 0 Å². The van der Waals surface area contributed by atoms with Gasteiger partial charge in [-0.2, -0.15) is 0 Å².